The predicted molar refractivity (Wildman–Crippen MR) is 78.6 cm³/mol. The minimum absolute atomic E-state index is 0.271. The van der Waals surface area contributed by atoms with Gasteiger partial charge in [0.05, 0.1) is 6.10 Å². The largest absolute Gasteiger partial charge is 0.387 e. The van der Waals surface area contributed by atoms with Crippen molar-refractivity contribution in [2.24, 2.45) is 5.73 Å². The van der Waals surface area contributed by atoms with Crippen molar-refractivity contribution in [1.82, 2.24) is 0 Å². The van der Waals surface area contributed by atoms with E-state index in [0.29, 0.717) is 0 Å². The predicted octanol–water partition coefficient (Wildman–Crippen LogP) is 2.49. The van der Waals surface area contributed by atoms with Gasteiger partial charge in [-0.25, -0.2) is 0 Å². The van der Waals surface area contributed by atoms with Crippen LogP contribution in [-0.2, 0) is 0 Å². The van der Waals surface area contributed by atoms with Crippen LogP contribution >= 0.6 is 67.8 Å². The van der Waals surface area contributed by atoms with Gasteiger partial charge >= 0.3 is 0 Å². The SMILES string of the molecule is NC[C@H](O)c1ccc(I)c(I)c1I. The normalized spacial score (nSPS) is 13.0. The number of halogens is 3. The topological polar surface area (TPSA) is 46.2 Å². The Balaban J connectivity index is 3.18. The molecule has 0 saturated heterocycles. The Morgan fingerprint density at radius 3 is 2.38 bits per heavy atom. The quantitative estimate of drug-likeness (QED) is 0.471. The van der Waals surface area contributed by atoms with Crippen LogP contribution in [0, 0.1) is 10.7 Å². The maximum Gasteiger partial charge on any atom is 0.0922 e. The van der Waals surface area contributed by atoms with Gasteiger partial charge in [0.25, 0.3) is 0 Å². The third kappa shape index (κ3) is 2.89. The van der Waals surface area contributed by atoms with Gasteiger partial charge < -0.3 is 10.8 Å². The molecule has 1 aromatic carbocycles. The molecule has 72 valence electrons. The van der Waals surface area contributed by atoms with Crippen molar-refractivity contribution >= 4 is 67.8 Å². The molecule has 1 aromatic rings. The van der Waals surface area contributed by atoms with Crippen LogP contribution in [0.25, 0.3) is 0 Å². The fraction of sp³-hybridized carbons (Fsp3) is 0.250. The molecule has 0 aliphatic heterocycles. The maximum absolute atomic E-state index is 9.59. The first kappa shape index (κ1) is 12.4. The molecular formula is C8H8I3NO. The first-order valence-corrected chi connectivity index (χ1v) is 6.83. The van der Waals surface area contributed by atoms with E-state index in [-0.39, 0.29) is 6.54 Å². The smallest absolute Gasteiger partial charge is 0.0922 e. The van der Waals surface area contributed by atoms with Gasteiger partial charge in [0, 0.05) is 17.3 Å². The molecule has 1 atom stereocenters. The van der Waals surface area contributed by atoms with E-state index in [2.05, 4.69) is 67.8 Å². The summed E-state index contributed by atoms with van der Waals surface area (Å²) in [6.45, 7) is 0.271. The molecule has 3 N–H and O–H groups in total. The van der Waals surface area contributed by atoms with Crippen molar-refractivity contribution in [2.45, 2.75) is 6.10 Å². The van der Waals surface area contributed by atoms with E-state index in [9.17, 15) is 5.11 Å². The molecule has 0 aromatic heterocycles. The van der Waals surface area contributed by atoms with Crippen molar-refractivity contribution in [3.63, 3.8) is 0 Å². The molecule has 0 aliphatic rings. The lowest BCUT2D eigenvalue weighted by Crippen LogP contribution is -2.13. The second-order valence-electron chi connectivity index (χ2n) is 2.52. The highest BCUT2D eigenvalue weighted by atomic mass is 127. The summed E-state index contributed by atoms with van der Waals surface area (Å²) in [6.07, 6.45) is -0.544. The third-order valence-electron chi connectivity index (χ3n) is 1.65. The summed E-state index contributed by atoms with van der Waals surface area (Å²) in [5.74, 6) is 0. The molecule has 0 fully saturated rings. The Bertz CT molecular complexity index is 317. The van der Waals surface area contributed by atoms with Crippen molar-refractivity contribution in [1.29, 1.82) is 0 Å². The number of nitrogens with two attached hydrogens (primary N) is 1. The summed E-state index contributed by atoms with van der Waals surface area (Å²) in [6, 6.07) is 3.93. The molecule has 0 heterocycles. The first-order chi connectivity index (χ1) is 6.07. The Labute approximate surface area is 118 Å². The zero-order chi connectivity index (χ0) is 10.0. The van der Waals surface area contributed by atoms with E-state index in [4.69, 9.17) is 5.73 Å². The molecule has 2 nitrogen and oxygen atoms in total. The molecule has 0 saturated carbocycles. The fourth-order valence-electron chi connectivity index (χ4n) is 0.925. The highest BCUT2D eigenvalue weighted by Gasteiger charge is 2.12. The molecule has 0 aliphatic carbocycles. The zero-order valence-electron chi connectivity index (χ0n) is 6.60. The number of hydrogen-bond acceptors (Lipinski definition) is 2. The van der Waals surface area contributed by atoms with Crippen molar-refractivity contribution < 1.29 is 5.11 Å². The zero-order valence-corrected chi connectivity index (χ0v) is 13.1. The lowest BCUT2D eigenvalue weighted by molar-refractivity contribution is 0.186. The average Bonchev–Trinajstić information content (AvgIpc) is 2.13. The second kappa shape index (κ2) is 5.42. The number of aliphatic hydroxyl groups excluding tert-OH is 1. The summed E-state index contributed by atoms with van der Waals surface area (Å²) < 4.78 is 3.49. The molecule has 0 spiro atoms. The third-order valence-corrected chi connectivity index (χ3v) is 6.89. The van der Waals surface area contributed by atoms with Crippen LogP contribution in [0.5, 0.6) is 0 Å². The van der Waals surface area contributed by atoms with E-state index >= 15 is 0 Å². The maximum atomic E-state index is 9.59. The summed E-state index contributed by atoms with van der Waals surface area (Å²) in [5.41, 5.74) is 6.33. The molecule has 5 heteroatoms. The lowest BCUT2D eigenvalue weighted by atomic mass is 10.1. The molecule has 0 bridgehead atoms. The van der Waals surface area contributed by atoms with Gasteiger partial charge in [0.1, 0.15) is 0 Å². The summed E-state index contributed by atoms with van der Waals surface area (Å²) in [5, 5.41) is 9.59. The Morgan fingerprint density at radius 1 is 1.23 bits per heavy atom. The Morgan fingerprint density at radius 2 is 1.85 bits per heavy atom. The van der Waals surface area contributed by atoms with Crippen LogP contribution in [0.3, 0.4) is 0 Å². The van der Waals surface area contributed by atoms with E-state index in [1.54, 1.807) is 0 Å². The van der Waals surface area contributed by atoms with E-state index < -0.39 is 6.10 Å². The molecule has 0 amide bonds. The van der Waals surface area contributed by atoms with Gasteiger partial charge in [0.2, 0.25) is 0 Å². The first-order valence-electron chi connectivity index (χ1n) is 3.59. The summed E-state index contributed by atoms with van der Waals surface area (Å²) >= 11 is 6.80. The lowest BCUT2D eigenvalue weighted by Gasteiger charge is -2.12. The molecule has 13 heavy (non-hydrogen) atoms. The Kier molecular flexibility index (Phi) is 5.17. The summed E-state index contributed by atoms with van der Waals surface area (Å²) in [4.78, 5) is 0. The number of rotatable bonds is 2. The van der Waals surface area contributed by atoms with Crippen molar-refractivity contribution in [3.8, 4) is 0 Å². The van der Waals surface area contributed by atoms with Gasteiger partial charge in [-0.15, -0.1) is 0 Å². The standard InChI is InChI=1S/C8H8I3NO/c9-5-2-1-4(6(13)3-12)7(10)8(5)11/h1-2,6,13H,3,12H2/t6-/m0/s1. The van der Waals surface area contributed by atoms with E-state index in [1.807, 2.05) is 12.1 Å². The fourth-order valence-corrected chi connectivity index (χ4v) is 3.21. The molecule has 0 radical (unpaired) electrons. The van der Waals surface area contributed by atoms with Gasteiger partial charge in [-0.3, -0.25) is 0 Å². The summed E-state index contributed by atoms with van der Waals surface area (Å²) in [7, 11) is 0. The second-order valence-corrected chi connectivity index (χ2v) is 5.84. The number of benzene rings is 1. The molecule has 0 unspecified atom stereocenters. The van der Waals surface area contributed by atoms with Crippen LogP contribution in [0.15, 0.2) is 12.1 Å². The number of hydrogen-bond donors (Lipinski definition) is 2. The van der Waals surface area contributed by atoms with Crippen LogP contribution in [-0.4, -0.2) is 11.7 Å². The van der Waals surface area contributed by atoms with Crippen LogP contribution in [0.2, 0.25) is 0 Å². The highest BCUT2D eigenvalue weighted by molar-refractivity contribution is 14.1. The Hall–Kier alpha value is 1.33. The monoisotopic (exact) mass is 515 g/mol. The van der Waals surface area contributed by atoms with Crippen LogP contribution < -0.4 is 5.73 Å². The average molecular weight is 515 g/mol. The number of aliphatic hydroxyl groups is 1. The molecule has 1 rings (SSSR count). The molecular weight excluding hydrogens is 507 g/mol. The van der Waals surface area contributed by atoms with Gasteiger partial charge in [0.15, 0.2) is 0 Å². The van der Waals surface area contributed by atoms with Crippen LogP contribution in [0.1, 0.15) is 11.7 Å². The van der Waals surface area contributed by atoms with Gasteiger partial charge in [-0.2, -0.15) is 0 Å². The van der Waals surface area contributed by atoms with Gasteiger partial charge in [-0.05, 0) is 79.4 Å². The van der Waals surface area contributed by atoms with Crippen molar-refractivity contribution in [2.75, 3.05) is 6.54 Å². The van der Waals surface area contributed by atoms with E-state index in [0.717, 1.165) is 9.13 Å². The van der Waals surface area contributed by atoms with Crippen LogP contribution in [0.4, 0.5) is 0 Å². The van der Waals surface area contributed by atoms with E-state index in [1.165, 1.54) is 7.14 Å². The minimum atomic E-state index is -0.544. The minimum Gasteiger partial charge on any atom is -0.387 e. The highest BCUT2D eigenvalue weighted by Crippen LogP contribution is 2.27. The van der Waals surface area contributed by atoms with Gasteiger partial charge in [-0.1, -0.05) is 6.07 Å². The van der Waals surface area contributed by atoms with Crippen molar-refractivity contribution in [3.05, 3.63) is 28.4 Å².